The van der Waals surface area contributed by atoms with Gasteiger partial charge in [0.1, 0.15) is 6.61 Å². The SMILES string of the molecule is C[C@@H]1CN(S(=O)(=O)c2ccc(C(=O)OCc3ccc(C#N)cc3)cc2)C[C@H](C)O1. The maximum Gasteiger partial charge on any atom is 0.338 e. The highest BCUT2D eigenvalue weighted by Gasteiger charge is 2.32. The molecule has 1 heterocycles. The summed E-state index contributed by atoms with van der Waals surface area (Å²) in [5.41, 5.74) is 1.55. The van der Waals surface area contributed by atoms with Crippen LogP contribution in [-0.4, -0.2) is 44.0 Å². The molecule has 29 heavy (non-hydrogen) atoms. The first-order chi connectivity index (χ1) is 13.8. The van der Waals surface area contributed by atoms with E-state index in [2.05, 4.69) is 0 Å². The first-order valence-electron chi connectivity index (χ1n) is 9.21. The average molecular weight is 414 g/mol. The lowest BCUT2D eigenvalue weighted by molar-refractivity contribution is -0.0440. The number of nitrogens with zero attached hydrogens (tertiary/aromatic N) is 2. The van der Waals surface area contributed by atoms with Crippen LogP contribution in [0.3, 0.4) is 0 Å². The number of morpholine rings is 1. The summed E-state index contributed by atoms with van der Waals surface area (Å²) in [6, 6.07) is 14.5. The van der Waals surface area contributed by atoms with Crippen molar-refractivity contribution in [3.63, 3.8) is 0 Å². The lowest BCUT2D eigenvalue weighted by Crippen LogP contribution is -2.48. The van der Waals surface area contributed by atoms with E-state index in [1.54, 1.807) is 24.3 Å². The van der Waals surface area contributed by atoms with Gasteiger partial charge in [-0.25, -0.2) is 13.2 Å². The molecule has 1 fully saturated rings. The van der Waals surface area contributed by atoms with E-state index in [0.29, 0.717) is 18.7 Å². The minimum atomic E-state index is -3.66. The Morgan fingerprint density at radius 2 is 1.69 bits per heavy atom. The normalized spacial score (nSPS) is 20.0. The molecule has 1 aliphatic heterocycles. The monoisotopic (exact) mass is 414 g/mol. The van der Waals surface area contributed by atoms with Gasteiger partial charge >= 0.3 is 5.97 Å². The predicted molar refractivity (Wildman–Crippen MR) is 105 cm³/mol. The van der Waals surface area contributed by atoms with Crippen LogP contribution in [0.15, 0.2) is 53.4 Å². The fourth-order valence-electron chi connectivity index (χ4n) is 3.15. The number of carbonyl (C=O) groups excluding carboxylic acids is 1. The van der Waals surface area contributed by atoms with Gasteiger partial charge in [-0.15, -0.1) is 0 Å². The van der Waals surface area contributed by atoms with Crippen molar-refractivity contribution in [3.8, 4) is 6.07 Å². The van der Waals surface area contributed by atoms with Crippen LogP contribution in [0.5, 0.6) is 0 Å². The molecule has 2 aromatic carbocycles. The van der Waals surface area contributed by atoms with E-state index in [-0.39, 0.29) is 29.3 Å². The molecule has 0 spiro atoms. The maximum atomic E-state index is 12.9. The highest BCUT2D eigenvalue weighted by Crippen LogP contribution is 2.21. The molecule has 7 nitrogen and oxygen atoms in total. The molecule has 0 saturated carbocycles. The minimum Gasteiger partial charge on any atom is -0.457 e. The molecule has 0 aliphatic carbocycles. The summed E-state index contributed by atoms with van der Waals surface area (Å²) in [7, 11) is -3.66. The molecule has 0 radical (unpaired) electrons. The maximum absolute atomic E-state index is 12.9. The Bertz CT molecular complexity index is 1000. The molecule has 0 amide bonds. The smallest absolute Gasteiger partial charge is 0.338 e. The lowest BCUT2D eigenvalue weighted by atomic mass is 10.1. The third kappa shape index (κ3) is 5.01. The van der Waals surface area contributed by atoms with Crippen LogP contribution >= 0.6 is 0 Å². The number of ether oxygens (including phenoxy) is 2. The predicted octanol–water partition coefficient (Wildman–Crippen LogP) is 2.71. The third-order valence-electron chi connectivity index (χ3n) is 4.57. The van der Waals surface area contributed by atoms with Crippen molar-refractivity contribution in [3.05, 3.63) is 65.2 Å². The van der Waals surface area contributed by atoms with Crippen molar-refractivity contribution in [2.24, 2.45) is 0 Å². The van der Waals surface area contributed by atoms with E-state index in [9.17, 15) is 13.2 Å². The third-order valence-corrected chi connectivity index (χ3v) is 6.41. The summed E-state index contributed by atoms with van der Waals surface area (Å²) in [6.45, 7) is 4.33. The summed E-state index contributed by atoms with van der Waals surface area (Å²) < 4.78 is 38.0. The molecule has 152 valence electrons. The Balaban J connectivity index is 1.65. The molecule has 2 atom stereocenters. The molecule has 0 unspecified atom stereocenters. The Morgan fingerprint density at radius 3 is 2.24 bits per heavy atom. The number of rotatable bonds is 5. The van der Waals surface area contributed by atoms with Crippen molar-refractivity contribution in [1.82, 2.24) is 4.31 Å². The minimum absolute atomic E-state index is 0.0636. The van der Waals surface area contributed by atoms with Crippen LogP contribution in [0, 0.1) is 11.3 Å². The molecular formula is C21H22N2O5S. The molecule has 8 heteroatoms. The Hall–Kier alpha value is -2.73. The largest absolute Gasteiger partial charge is 0.457 e. The van der Waals surface area contributed by atoms with E-state index in [1.165, 1.54) is 28.6 Å². The molecule has 0 N–H and O–H groups in total. The standard InChI is InChI=1S/C21H22N2O5S/c1-15-12-23(13-16(2)28-15)29(25,26)20-9-7-19(8-10-20)21(24)27-14-18-5-3-17(11-22)4-6-18/h3-10,15-16H,12-14H2,1-2H3/t15-,16+. The zero-order chi connectivity index (χ0) is 21.0. The number of hydrogen-bond donors (Lipinski definition) is 0. The van der Waals surface area contributed by atoms with Crippen LogP contribution < -0.4 is 0 Å². The van der Waals surface area contributed by atoms with E-state index >= 15 is 0 Å². The Labute approximate surface area is 170 Å². The van der Waals surface area contributed by atoms with E-state index in [4.69, 9.17) is 14.7 Å². The molecular weight excluding hydrogens is 392 g/mol. The Kier molecular flexibility index (Phi) is 6.33. The molecule has 1 aliphatic rings. The van der Waals surface area contributed by atoms with Gasteiger partial charge in [-0.2, -0.15) is 9.57 Å². The molecule has 1 saturated heterocycles. The molecule has 2 aromatic rings. The summed E-state index contributed by atoms with van der Waals surface area (Å²) >= 11 is 0. The number of carbonyl (C=O) groups is 1. The topological polar surface area (TPSA) is 96.7 Å². The van der Waals surface area contributed by atoms with Crippen LogP contribution in [-0.2, 0) is 26.1 Å². The fourth-order valence-corrected chi connectivity index (χ4v) is 4.74. The van der Waals surface area contributed by atoms with E-state index in [0.717, 1.165) is 5.56 Å². The van der Waals surface area contributed by atoms with Gasteiger partial charge in [-0.3, -0.25) is 0 Å². The second kappa shape index (κ2) is 8.74. The lowest BCUT2D eigenvalue weighted by Gasteiger charge is -2.34. The average Bonchev–Trinajstić information content (AvgIpc) is 2.71. The van der Waals surface area contributed by atoms with Crippen LogP contribution in [0.4, 0.5) is 0 Å². The molecule has 0 bridgehead atoms. The Morgan fingerprint density at radius 1 is 1.10 bits per heavy atom. The number of esters is 1. The fraction of sp³-hybridized carbons (Fsp3) is 0.333. The van der Waals surface area contributed by atoms with Gasteiger partial charge in [-0.1, -0.05) is 12.1 Å². The summed E-state index contributed by atoms with van der Waals surface area (Å²) in [5.74, 6) is -0.549. The van der Waals surface area contributed by atoms with Crippen molar-refractivity contribution >= 4 is 16.0 Å². The van der Waals surface area contributed by atoms with Gasteiger partial charge < -0.3 is 9.47 Å². The van der Waals surface area contributed by atoms with Gasteiger partial charge in [0.05, 0.1) is 34.3 Å². The van der Waals surface area contributed by atoms with Gasteiger partial charge in [0, 0.05) is 13.1 Å². The van der Waals surface area contributed by atoms with Gasteiger partial charge in [0.2, 0.25) is 10.0 Å². The zero-order valence-electron chi connectivity index (χ0n) is 16.2. The molecule has 3 rings (SSSR count). The first-order valence-corrected chi connectivity index (χ1v) is 10.7. The highest BCUT2D eigenvalue weighted by atomic mass is 32.2. The number of hydrogen-bond acceptors (Lipinski definition) is 6. The number of sulfonamides is 1. The number of nitriles is 1. The summed E-state index contributed by atoms with van der Waals surface area (Å²) in [5, 5.41) is 8.80. The van der Waals surface area contributed by atoms with Crippen molar-refractivity contribution in [2.45, 2.75) is 37.6 Å². The van der Waals surface area contributed by atoms with E-state index < -0.39 is 16.0 Å². The van der Waals surface area contributed by atoms with Crippen molar-refractivity contribution < 1.29 is 22.7 Å². The van der Waals surface area contributed by atoms with E-state index in [1.807, 2.05) is 19.9 Å². The van der Waals surface area contributed by atoms with Gasteiger partial charge in [-0.05, 0) is 55.8 Å². The van der Waals surface area contributed by atoms with Crippen LogP contribution in [0.2, 0.25) is 0 Å². The quantitative estimate of drug-likeness (QED) is 0.698. The van der Waals surface area contributed by atoms with Gasteiger partial charge in [0.15, 0.2) is 0 Å². The van der Waals surface area contributed by atoms with Crippen molar-refractivity contribution in [2.75, 3.05) is 13.1 Å². The highest BCUT2D eigenvalue weighted by molar-refractivity contribution is 7.89. The molecule has 0 aromatic heterocycles. The van der Waals surface area contributed by atoms with Crippen LogP contribution in [0.25, 0.3) is 0 Å². The van der Waals surface area contributed by atoms with Crippen molar-refractivity contribution in [1.29, 1.82) is 5.26 Å². The number of benzene rings is 2. The zero-order valence-corrected chi connectivity index (χ0v) is 17.1. The van der Waals surface area contributed by atoms with Crippen LogP contribution in [0.1, 0.15) is 35.3 Å². The second-order valence-corrected chi connectivity index (χ2v) is 8.93. The van der Waals surface area contributed by atoms with Gasteiger partial charge in [0.25, 0.3) is 0 Å². The first kappa shape index (κ1) is 21.0. The summed E-state index contributed by atoms with van der Waals surface area (Å²) in [6.07, 6.45) is -0.352. The summed E-state index contributed by atoms with van der Waals surface area (Å²) in [4.78, 5) is 12.4. The second-order valence-electron chi connectivity index (χ2n) is 6.99.